The number of carbonyl (C=O) groups is 1. The number of ether oxygens (including phenoxy) is 1. The molecule has 1 aromatic rings. The number of aromatic nitrogens is 1. The summed E-state index contributed by atoms with van der Waals surface area (Å²) in [6.07, 6.45) is 2.52. The minimum absolute atomic E-state index is 0.0216. The zero-order valence-electron chi connectivity index (χ0n) is 9.06. The molecule has 1 aromatic heterocycles. The van der Waals surface area contributed by atoms with Gasteiger partial charge in [-0.15, -0.1) is 0 Å². The van der Waals surface area contributed by atoms with E-state index in [0.717, 1.165) is 25.1 Å². The van der Waals surface area contributed by atoms with Gasteiger partial charge in [0.15, 0.2) is 0 Å². The van der Waals surface area contributed by atoms with E-state index < -0.39 is 5.97 Å². The van der Waals surface area contributed by atoms with Crippen LogP contribution in [0.1, 0.15) is 22.3 Å². The Morgan fingerprint density at radius 1 is 1.69 bits per heavy atom. The highest BCUT2D eigenvalue weighted by Gasteiger charge is 2.20. The van der Waals surface area contributed by atoms with Crippen LogP contribution in [0.15, 0.2) is 12.3 Å². The van der Waals surface area contributed by atoms with Crippen molar-refractivity contribution >= 4 is 5.97 Å². The van der Waals surface area contributed by atoms with Crippen molar-refractivity contribution in [1.82, 2.24) is 10.3 Å². The Kier molecular flexibility index (Phi) is 3.05. The van der Waals surface area contributed by atoms with E-state index in [4.69, 9.17) is 9.84 Å². The molecule has 86 valence electrons. The predicted molar refractivity (Wildman–Crippen MR) is 57.8 cm³/mol. The standard InChI is InChI=1S/C11H14N2O3/c1-7-4-9(11(14)15)10(13-5-7)16-8-2-3-12-6-8/h4-5,8,12H,2-3,6H2,1H3,(H,14,15). The summed E-state index contributed by atoms with van der Waals surface area (Å²) in [6, 6.07) is 1.58. The Bertz CT molecular complexity index is 400. The van der Waals surface area contributed by atoms with Gasteiger partial charge in [-0.2, -0.15) is 0 Å². The first-order valence-corrected chi connectivity index (χ1v) is 5.24. The van der Waals surface area contributed by atoms with Crippen LogP contribution in [-0.2, 0) is 0 Å². The third-order valence-corrected chi connectivity index (χ3v) is 2.51. The smallest absolute Gasteiger partial charge is 0.341 e. The highest BCUT2D eigenvalue weighted by Crippen LogP contribution is 2.19. The quantitative estimate of drug-likeness (QED) is 0.792. The van der Waals surface area contributed by atoms with Crippen molar-refractivity contribution in [3.8, 4) is 5.88 Å². The molecule has 5 nitrogen and oxygen atoms in total. The molecular weight excluding hydrogens is 208 g/mol. The predicted octanol–water partition coefficient (Wildman–Crippen LogP) is 0.829. The fraction of sp³-hybridized carbons (Fsp3) is 0.455. The maximum absolute atomic E-state index is 11.0. The maximum atomic E-state index is 11.0. The van der Waals surface area contributed by atoms with Crippen LogP contribution in [0.25, 0.3) is 0 Å². The van der Waals surface area contributed by atoms with E-state index in [1.165, 1.54) is 0 Å². The van der Waals surface area contributed by atoms with E-state index >= 15 is 0 Å². The van der Waals surface area contributed by atoms with Gasteiger partial charge < -0.3 is 15.2 Å². The first kappa shape index (κ1) is 10.9. The van der Waals surface area contributed by atoms with Gasteiger partial charge in [0.2, 0.25) is 5.88 Å². The Morgan fingerprint density at radius 2 is 2.50 bits per heavy atom. The molecule has 1 saturated heterocycles. The minimum Gasteiger partial charge on any atom is -0.477 e. The van der Waals surface area contributed by atoms with Crippen LogP contribution in [0.4, 0.5) is 0 Å². The van der Waals surface area contributed by atoms with Crippen LogP contribution in [-0.4, -0.2) is 35.3 Å². The minimum atomic E-state index is -1.00. The largest absolute Gasteiger partial charge is 0.477 e. The summed E-state index contributed by atoms with van der Waals surface area (Å²) in [7, 11) is 0. The van der Waals surface area contributed by atoms with Crippen LogP contribution >= 0.6 is 0 Å². The average Bonchev–Trinajstić information content (AvgIpc) is 2.73. The molecule has 1 aliphatic heterocycles. The second-order valence-corrected chi connectivity index (χ2v) is 3.90. The maximum Gasteiger partial charge on any atom is 0.341 e. The summed E-state index contributed by atoms with van der Waals surface area (Å²) in [5.74, 6) is -0.788. The first-order chi connectivity index (χ1) is 7.66. The number of hydrogen-bond donors (Lipinski definition) is 2. The van der Waals surface area contributed by atoms with Crippen LogP contribution in [0.3, 0.4) is 0 Å². The van der Waals surface area contributed by atoms with Crippen molar-refractivity contribution in [3.63, 3.8) is 0 Å². The molecule has 1 aliphatic rings. The van der Waals surface area contributed by atoms with Crippen molar-refractivity contribution in [1.29, 1.82) is 0 Å². The molecule has 0 saturated carbocycles. The Hall–Kier alpha value is -1.62. The van der Waals surface area contributed by atoms with Gasteiger partial charge in [-0.3, -0.25) is 0 Å². The van der Waals surface area contributed by atoms with E-state index in [0.29, 0.717) is 0 Å². The van der Waals surface area contributed by atoms with Crippen LogP contribution in [0.2, 0.25) is 0 Å². The lowest BCUT2D eigenvalue weighted by Crippen LogP contribution is -2.21. The number of nitrogens with zero attached hydrogens (tertiary/aromatic N) is 1. The molecule has 5 heteroatoms. The number of aromatic carboxylic acids is 1. The summed E-state index contributed by atoms with van der Waals surface area (Å²) >= 11 is 0. The van der Waals surface area contributed by atoms with Crippen molar-refractivity contribution < 1.29 is 14.6 Å². The van der Waals surface area contributed by atoms with Crippen molar-refractivity contribution in [2.75, 3.05) is 13.1 Å². The second kappa shape index (κ2) is 4.49. The zero-order chi connectivity index (χ0) is 11.5. The van der Waals surface area contributed by atoms with Gasteiger partial charge in [0.05, 0.1) is 0 Å². The van der Waals surface area contributed by atoms with E-state index in [2.05, 4.69) is 10.3 Å². The summed E-state index contributed by atoms with van der Waals surface area (Å²) in [5, 5.41) is 12.2. The van der Waals surface area contributed by atoms with E-state index in [-0.39, 0.29) is 17.5 Å². The molecular formula is C11H14N2O3. The Morgan fingerprint density at radius 3 is 3.12 bits per heavy atom. The molecule has 1 unspecified atom stereocenters. The molecule has 1 atom stereocenters. The molecule has 0 aromatic carbocycles. The van der Waals surface area contributed by atoms with Gasteiger partial charge in [0, 0.05) is 12.7 Å². The number of nitrogens with one attached hydrogen (secondary N) is 1. The molecule has 0 spiro atoms. The van der Waals surface area contributed by atoms with Gasteiger partial charge in [-0.05, 0) is 31.5 Å². The zero-order valence-corrected chi connectivity index (χ0v) is 9.06. The third kappa shape index (κ3) is 2.30. The van der Waals surface area contributed by atoms with Crippen LogP contribution < -0.4 is 10.1 Å². The highest BCUT2D eigenvalue weighted by molar-refractivity contribution is 5.90. The van der Waals surface area contributed by atoms with Crippen molar-refractivity contribution in [2.45, 2.75) is 19.4 Å². The molecule has 16 heavy (non-hydrogen) atoms. The highest BCUT2D eigenvalue weighted by atomic mass is 16.5. The number of pyridine rings is 1. The van der Waals surface area contributed by atoms with Crippen LogP contribution in [0, 0.1) is 6.92 Å². The third-order valence-electron chi connectivity index (χ3n) is 2.51. The molecule has 0 amide bonds. The number of rotatable bonds is 3. The number of hydrogen-bond acceptors (Lipinski definition) is 4. The fourth-order valence-electron chi connectivity index (χ4n) is 1.69. The number of carboxylic acids is 1. The van der Waals surface area contributed by atoms with Crippen molar-refractivity contribution in [3.05, 3.63) is 23.4 Å². The Labute approximate surface area is 93.5 Å². The van der Waals surface area contributed by atoms with Gasteiger partial charge in [-0.1, -0.05) is 0 Å². The van der Waals surface area contributed by atoms with Gasteiger partial charge in [0.1, 0.15) is 11.7 Å². The van der Waals surface area contributed by atoms with Crippen LogP contribution in [0.5, 0.6) is 5.88 Å². The normalized spacial score (nSPS) is 19.7. The molecule has 0 bridgehead atoms. The average molecular weight is 222 g/mol. The SMILES string of the molecule is Cc1cnc(OC2CCNC2)c(C(=O)O)c1. The molecule has 0 radical (unpaired) electrons. The molecule has 2 rings (SSSR count). The summed E-state index contributed by atoms with van der Waals surface area (Å²) < 4.78 is 5.57. The Balaban J connectivity index is 2.21. The monoisotopic (exact) mass is 222 g/mol. The summed E-state index contributed by atoms with van der Waals surface area (Å²) in [5.41, 5.74) is 0.946. The molecule has 2 heterocycles. The summed E-state index contributed by atoms with van der Waals surface area (Å²) in [6.45, 7) is 3.45. The first-order valence-electron chi connectivity index (χ1n) is 5.24. The lowest BCUT2D eigenvalue weighted by atomic mass is 10.2. The molecule has 1 fully saturated rings. The molecule has 0 aliphatic carbocycles. The van der Waals surface area contributed by atoms with Gasteiger partial charge in [0.25, 0.3) is 0 Å². The van der Waals surface area contributed by atoms with E-state index in [9.17, 15) is 4.79 Å². The van der Waals surface area contributed by atoms with Gasteiger partial charge in [-0.25, -0.2) is 9.78 Å². The lowest BCUT2D eigenvalue weighted by Gasteiger charge is -2.13. The summed E-state index contributed by atoms with van der Waals surface area (Å²) in [4.78, 5) is 15.0. The fourth-order valence-corrected chi connectivity index (χ4v) is 1.69. The second-order valence-electron chi connectivity index (χ2n) is 3.90. The van der Waals surface area contributed by atoms with Gasteiger partial charge >= 0.3 is 5.97 Å². The molecule has 2 N–H and O–H groups in total. The van der Waals surface area contributed by atoms with Crippen molar-refractivity contribution in [2.24, 2.45) is 0 Å². The lowest BCUT2D eigenvalue weighted by molar-refractivity contribution is 0.0688. The number of aryl methyl sites for hydroxylation is 1. The van der Waals surface area contributed by atoms with E-state index in [1.54, 1.807) is 19.2 Å². The topological polar surface area (TPSA) is 71.5 Å². The van der Waals surface area contributed by atoms with E-state index in [1.807, 2.05) is 0 Å². The number of carboxylic acid groups (broad SMARTS) is 1.